The molecule has 0 saturated heterocycles. The molecule has 0 radical (unpaired) electrons. The molecule has 0 unspecified atom stereocenters. The topological polar surface area (TPSA) is 67.9 Å². The Morgan fingerprint density at radius 3 is 2.47 bits per heavy atom. The largest absolute Gasteiger partial charge is 0.493 e. The maximum Gasteiger partial charge on any atom is 0.248 e. The summed E-state index contributed by atoms with van der Waals surface area (Å²) in [6.07, 6.45) is 5.14. The summed E-state index contributed by atoms with van der Waals surface area (Å²) in [6.45, 7) is 0. The van der Waals surface area contributed by atoms with Crippen LogP contribution in [0.15, 0.2) is 60.0 Å². The van der Waals surface area contributed by atoms with Gasteiger partial charge in [-0.2, -0.15) is 0 Å². The predicted octanol–water partition coefficient (Wildman–Crippen LogP) is 5.67. The van der Waals surface area contributed by atoms with Crippen molar-refractivity contribution in [2.45, 2.75) is 50.6 Å². The average molecular weight is 511 g/mol. The van der Waals surface area contributed by atoms with Crippen LogP contribution in [0.1, 0.15) is 48.6 Å². The number of nitrogens with zero attached hydrogens (tertiary/aromatic N) is 1. The third kappa shape index (κ3) is 6.05. The first kappa shape index (κ1) is 25.7. The molecular weight excluding hydrogens is 479 g/mol. The minimum atomic E-state index is -1.03. The summed E-state index contributed by atoms with van der Waals surface area (Å²) < 4.78 is 25.2. The summed E-state index contributed by atoms with van der Waals surface area (Å²) >= 11 is 1.46. The van der Waals surface area contributed by atoms with Crippen molar-refractivity contribution in [3.63, 3.8) is 0 Å². The van der Waals surface area contributed by atoms with E-state index in [2.05, 4.69) is 5.32 Å². The molecule has 1 saturated carbocycles. The highest BCUT2D eigenvalue weighted by Crippen LogP contribution is 2.35. The summed E-state index contributed by atoms with van der Waals surface area (Å²) in [5.74, 6) is -0.148. The quantitative estimate of drug-likeness (QED) is 0.403. The second-order valence-electron chi connectivity index (χ2n) is 8.86. The summed E-state index contributed by atoms with van der Waals surface area (Å²) in [4.78, 5) is 30.0. The molecule has 8 heteroatoms. The van der Waals surface area contributed by atoms with Gasteiger partial charge in [0.1, 0.15) is 11.9 Å². The van der Waals surface area contributed by atoms with E-state index in [1.54, 1.807) is 30.3 Å². The van der Waals surface area contributed by atoms with Crippen molar-refractivity contribution in [2.24, 2.45) is 0 Å². The van der Waals surface area contributed by atoms with E-state index in [1.807, 2.05) is 17.5 Å². The first-order valence-electron chi connectivity index (χ1n) is 12.1. The van der Waals surface area contributed by atoms with Gasteiger partial charge in [0, 0.05) is 16.6 Å². The number of thiophene rings is 1. The van der Waals surface area contributed by atoms with Crippen LogP contribution in [0.2, 0.25) is 0 Å². The number of nitrogens with one attached hydrogen (secondary N) is 1. The van der Waals surface area contributed by atoms with Crippen LogP contribution in [-0.2, 0) is 16.0 Å². The summed E-state index contributed by atoms with van der Waals surface area (Å²) in [5.41, 5.74) is 0.861. The molecule has 2 aromatic carbocycles. The fourth-order valence-electron chi connectivity index (χ4n) is 4.68. The average Bonchev–Trinajstić information content (AvgIpc) is 3.40. The first-order chi connectivity index (χ1) is 17.5. The zero-order valence-electron chi connectivity index (χ0n) is 20.5. The molecule has 0 aliphatic heterocycles. The third-order valence-corrected chi connectivity index (χ3v) is 7.32. The van der Waals surface area contributed by atoms with Gasteiger partial charge in [0.15, 0.2) is 11.5 Å². The lowest BCUT2D eigenvalue weighted by atomic mass is 9.94. The zero-order valence-corrected chi connectivity index (χ0v) is 21.4. The molecule has 1 heterocycles. The molecule has 1 N–H and O–H groups in total. The number of amides is 2. The predicted molar refractivity (Wildman–Crippen MR) is 139 cm³/mol. The van der Waals surface area contributed by atoms with Gasteiger partial charge in [0.2, 0.25) is 11.8 Å². The molecule has 1 aliphatic carbocycles. The highest BCUT2D eigenvalue weighted by Gasteiger charge is 2.35. The van der Waals surface area contributed by atoms with Crippen LogP contribution in [0.3, 0.4) is 0 Å². The summed E-state index contributed by atoms with van der Waals surface area (Å²) in [7, 11) is 3.05. The van der Waals surface area contributed by atoms with Crippen LogP contribution in [-0.4, -0.2) is 32.1 Å². The van der Waals surface area contributed by atoms with Gasteiger partial charge in [0.05, 0.1) is 20.6 Å². The van der Waals surface area contributed by atoms with E-state index < -0.39 is 11.9 Å². The molecule has 0 bridgehead atoms. The molecule has 1 atom stereocenters. The molecule has 190 valence electrons. The summed E-state index contributed by atoms with van der Waals surface area (Å²) in [5, 5.41) is 5.07. The Kier molecular flexibility index (Phi) is 8.59. The zero-order chi connectivity index (χ0) is 25.5. The maximum absolute atomic E-state index is 14.4. The molecular formula is C28H31FN2O4S. The van der Waals surface area contributed by atoms with Crippen LogP contribution >= 0.6 is 11.3 Å². The monoisotopic (exact) mass is 510 g/mol. The molecule has 6 nitrogen and oxygen atoms in total. The van der Waals surface area contributed by atoms with Crippen molar-refractivity contribution < 1.29 is 23.5 Å². The van der Waals surface area contributed by atoms with Crippen molar-refractivity contribution in [2.75, 3.05) is 19.1 Å². The van der Waals surface area contributed by atoms with Gasteiger partial charge < -0.3 is 14.8 Å². The SMILES string of the molecule is COc1ccc([C@@H](C(=O)NC2CCCCC2)N(C(=O)Cc2cccs2)c2cccc(F)c2)cc1OC. The lowest BCUT2D eigenvalue weighted by Crippen LogP contribution is -2.47. The fourth-order valence-corrected chi connectivity index (χ4v) is 5.37. The van der Waals surface area contributed by atoms with Gasteiger partial charge in [-0.3, -0.25) is 14.5 Å². The van der Waals surface area contributed by atoms with E-state index in [0.29, 0.717) is 22.7 Å². The number of benzene rings is 2. The van der Waals surface area contributed by atoms with E-state index in [0.717, 1.165) is 37.0 Å². The number of methoxy groups -OCH3 is 2. The Bertz CT molecular complexity index is 1180. The highest BCUT2D eigenvalue weighted by atomic mass is 32.1. The minimum absolute atomic E-state index is 0.0376. The van der Waals surface area contributed by atoms with Gasteiger partial charge in [0.25, 0.3) is 0 Å². The Hall–Kier alpha value is -3.39. The number of halogens is 1. The number of carbonyl (C=O) groups excluding carboxylic acids is 2. The van der Waals surface area contributed by atoms with E-state index in [9.17, 15) is 14.0 Å². The number of carbonyl (C=O) groups is 2. The second-order valence-corrected chi connectivity index (χ2v) is 9.89. The Morgan fingerprint density at radius 1 is 1.03 bits per heavy atom. The van der Waals surface area contributed by atoms with Crippen LogP contribution in [0.25, 0.3) is 0 Å². The second kappa shape index (κ2) is 12.0. The molecule has 2 amide bonds. The Morgan fingerprint density at radius 2 is 1.81 bits per heavy atom. The van der Waals surface area contributed by atoms with E-state index in [4.69, 9.17) is 9.47 Å². The van der Waals surface area contributed by atoms with Gasteiger partial charge in [-0.1, -0.05) is 37.5 Å². The van der Waals surface area contributed by atoms with Gasteiger partial charge in [-0.05, 0) is 60.2 Å². The van der Waals surface area contributed by atoms with Crippen molar-refractivity contribution in [1.82, 2.24) is 5.32 Å². The lowest BCUT2D eigenvalue weighted by Gasteiger charge is -2.33. The van der Waals surface area contributed by atoms with E-state index in [-0.39, 0.29) is 24.3 Å². The molecule has 1 fully saturated rings. The lowest BCUT2D eigenvalue weighted by molar-refractivity contribution is -0.127. The summed E-state index contributed by atoms with van der Waals surface area (Å²) in [6, 6.07) is 13.7. The van der Waals surface area contributed by atoms with E-state index >= 15 is 0 Å². The number of rotatable bonds is 9. The minimum Gasteiger partial charge on any atom is -0.493 e. The number of ether oxygens (including phenoxy) is 2. The molecule has 36 heavy (non-hydrogen) atoms. The highest BCUT2D eigenvalue weighted by molar-refractivity contribution is 7.10. The maximum atomic E-state index is 14.4. The normalized spacial score (nSPS) is 14.6. The smallest absolute Gasteiger partial charge is 0.248 e. The van der Waals surface area contributed by atoms with Crippen LogP contribution in [0.4, 0.5) is 10.1 Å². The molecule has 4 rings (SSSR count). The van der Waals surface area contributed by atoms with E-state index in [1.165, 1.54) is 42.6 Å². The standard InChI is InChI=1S/C28H31FN2O4S/c1-34-24-14-13-19(16-25(24)35-2)27(28(33)30-21-9-4-3-5-10-21)31(22-11-6-8-20(29)17-22)26(32)18-23-12-7-15-36-23/h6-8,11-17,21,27H,3-5,9-10,18H2,1-2H3,(H,30,33)/t27-/m0/s1. The van der Waals surface area contributed by atoms with Gasteiger partial charge >= 0.3 is 0 Å². The van der Waals surface area contributed by atoms with Crippen LogP contribution < -0.4 is 19.7 Å². The fraction of sp³-hybridized carbons (Fsp3) is 0.357. The number of hydrogen-bond acceptors (Lipinski definition) is 5. The molecule has 1 aromatic heterocycles. The van der Waals surface area contributed by atoms with Crippen LogP contribution in [0.5, 0.6) is 11.5 Å². The van der Waals surface area contributed by atoms with Gasteiger partial charge in [-0.25, -0.2) is 4.39 Å². The number of anilines is 1. The third-order valence-electron chi connectivity index (χ3n) is 6.44. The molecule has 0 spiro atoms. The van der Waals surface area contributed by atoms with Crippen molar-refractivity contribution in [3.05, 3.63) is 76.2 Å². The first-order valence-corrected chi connectivity index (χ1v) is 13.0. The van der Waals surface area contributed by atoms with Crippen molar-refractivity contribution in [3.8, 4) is 11.5 Å². The van der Waals surface area contributed by atoms with Crippen molar-refractivity contribution >= 4 is 28.8 Å². The Labute approximate surface area is 215 Å². The van der Waals surface area contributed by atoms with Crippen LogP contribution in [0, 0.1) is 5.82 Å². The number of hydrogen-bond donors (Lipinski definition) is 1. The molecule has 3 aromatic rings. The Balaban J connectivity index is 1.80. The molecule has 1 aliphatic rings. The van der Waals surface area contributed by atoms with Crippen molar-refractivity contribution in [1.29, 1.82) is 0 Å². The van der Waals surface area contributed by atoms with Gasteiger partial charge in [-0.15, -0.1) is 11.3 Å².